The zero-order chi connectivity index (χ0) is 14.1. The molecule has 0 aliphatic carbocycles. The van der Waals surface area contributed by atoms with Crippen molar-refractivity contribution in [3.63, 3.8) is 0 Å². The van der Waals surface area contributed by atoms with Crippen LogP contribution >= 0.6 is 15.9 Å². The summed E-state index contributed by atoms with van der Waals surface area (Å²) in [5.41, 5.74) is 6.00. The number of hydrogen-bond acceptors (Lipinski definition) is 3. The molecule has 1 aliphatic rings. The first-order valence-corrected chi connectivity index (χ1v) is 7.84. The molecule has 2 aromatic rings. The molecule has 1 aliphatic heterocycles. The van der Waals surface area contributed by atoms with Crippen molar-refractivity contribution in [3.8, 4) is 11.4 Å². The minimum Gasteiger partial charge on any atom is -0.312 e. The van der Waals surface area contributed by atoms with Gasteiger partial charge >= 0.3 is 0 Å². The van der Waals surface area contributed by atoms with Gasteiger partial charge in [0.05, 0.1) is 5.69 Å². The molecule has 0 fully saturated rings. The third-order valence-corrected chi connectivity index (χ3v) is 4.64. The van der Waals surface area contributed by atoms with Crippen molar-refractivity contribution in [1.82, 2.24) is 15.3 Å². The lowest BCUT2D eigenvalue weighted by Gasteiger charge is -2.19. The van der Waals surface area contributed by atoms with E-state index in [-0.39, 0.29) is 0 Å². The van der Waals surface area contributed by atoms with Gasteiger partial charge in [-0.25, -0.2) is 9.97 Å². The quantitative estimate of drug-likeness (QED) is 0.916. The Morgan fingerprint density at radius 1 is 1.30 bits per heavy atom. The molecule has 1 N–H and O–H groups in total. The third kappa shape index (κ3) is 2.50. The molecule has 0 saturated carbocycles. The topological polar surface area (TPSA) is 37.8 Å². The van der Waals surface area contributed by atoms with Gasteiger partial charge in [0.1, 0.15) is 0 Å². The van der Waals surface area contributed by atoms with Gasteiger partial charge in [0.15, 0.2) is 5.82 Å². The highest BCUT2D eigenvalue weighted by Crippen LogP contribution is 2.26. The van der Waals surface area contributed by atoms with E-state index in [1.54, 1.807) is 0 Å². The van der Waals surface area contributed by atoms with Gasteiger partial charge in [0.2, 0.25) is 0 Å². The molecular formula is C16H18BrN3. The smallest absolute Gasteiger partial charge is 0.159 e. The van der Waals surface area contributed by atoms with Crippen LogP contribution in [0.4, 0.5) is 0 Å². The summed E-state index contributed by atoms with van der Waals surface area (Å²) in [7, 11) is 0. The normalized spacial score (nSPS) is 14.2. The van der Waals surface area contributed by atoms with E-state index < -0.39 is 0 Å². The molecule has 1 aromatic carbocycles. The summed E-state index contributed by atoms with van der Waals surface area (Å²) in [5.74, 6) is 0.850. The first kappa shape index (κ1) is 13.7. The van der Waals surface area contributed by atoms with Crippen LogP contribution in [0.25, 0.3) is 11.4 Å². The standard InChI is InChI=1S/C16H18BrN3/c1-3-14-12-9-18-7-6-15(12)20-16(19-14)11-5-4-10(2)13(17)8-11/h4-5,8,18H,3,6-7,9H2,1-2H3. The molecule has 2 heterocycles. The van der Waals surface area contributed by atoms with E-state index in [2.05, 4.69) is 53.3 Å². The number of aryl methyl sites for hydroxylation is 2. The fourth-order valence-corrected chi connectivity index (χ4v) is 2.95. The molecule has 0 amide bonds. The summed E-state index contributed by atoms with van der Waals surface area (Å²) in [5, 5.41) is 3.40. The Hall–Kier alpha value is -1.26. The Kier molecular flexibility index (Phi) is 3.85. The zero-order valence-electron chi connectivity index (χ0n) is 11.8. The lowest BCUT2D eigenvalue weighted by atomic mass is 10.0. The molecular weight excluding hydrogens is 314 g/mol. The average molecular weight is 332 g/mol. The summed E-state index contributed by atoms with van der Waals surface area (Å²) < 4.78 is 1.11. The first-order chi connectivity index (χ1) is 9.69. The zero-order valence-corrected chi connectivity index (χ0v) is 13.4. The van der Waals surface area contributed by atoms with Crippen LogP contribution in [0, 0.1) is 6.92 Å². The molecule has 0 spiro atoms. The molecule has 0 radical (unpaired) electrons. The predicted molar refractivity (Wildman–Crippen MR) is 84.7 cm³/mol. The summed E-state index contributed by atoms with van der Waals surface area (Å²) >= 11 is 3.59. The third-order valence-electron chi connectivity index (χ3n) is 3.78. The molecule has 0 unspecified atom stereocenters. The highest BCUT2D eigenvalue weighted by Gasteiger charge is 2.17. The van der Waals surface area contributed by atoms with E-state index in [4.69, 9.17) is 9.97 Å². The van der Waals surface area contributed by atoms with E-state index in [1.165, 1.54) is 22.5 Å². The number of rotatable bonds is 2. The van der Waals surface area contributed by atoms with Gasteiger partial charge in [-0.05, 0) is 25.0 Å². The van der Waals surface area contributed by atoms with Crippen molar-refractivity contribution in [3.05, 3.63) is 45.2 Å². The van der Waals surface area contributed by atoms with Crippen LogP contribution in [0.2, 0.25) is 0 Å². The maximum Gasteiger partial charge on any atom is 0.159 e. The van der Waals surface area contributed by atoms with Gasteiger partial charge in [-0.1, -0.05) is 35.0 Å². The Bertz CT molecular complexity index is 635. The second-order valence-corrected chi connectivity index (χ2v) is 6.02. The van der Waals surface area contributed by atoms with Crippen molar-refractivity contribution in [1.29, 1.82) is 0 Å². The number of nitrogens with zero attached hydrogens (tertiary/aromatic N) is 2. The number of hydrogen-bond donors (Lipinski definition) is 1. The number of benzene rings is 1. The second kappa shape index (κ2) is 5.62. The molecule has 20 heavy (non-hydrogen) atoms. The van der Waals surface area contributed by atoms with E-state index in [1.807, 2.05) is 0 Å². The van der Waals surface area contributed by atoms with Gasteiger partial charge in [-0.2, -0.15) is 0 Å². The Labute approximate surface area is 128 Å². The molecule has 0 bridgehead atoms. The van der Waals surface area contributed by atoms with Crippen molar-refractivity contribution in [2.45, 2.75) is 33.2 Å². The van der Waals surface area contributed by atoms with E-state index in [0.29, 0.717) is 0 Å². The lowest BCUT2D eigenvalue weighted by Crippen LogP contribution is -2.26. The predicted octanol–water partition coefficient (Wildman–Crippen LogP) is 3.42. The van der Waals surface area contributed by atoms with Crippen LogP contribution in [-0.4, -0.2) is 16.5 Å². The SMILES string of the molecule is CCc1nc(-c2ccc(C)c(Br)c2)nc2c1CNCC2. The monoisotopic (exact) mass is 331 g/mol. The summed E-state index contributed by atoms with van der Waals surface area (Å²) in [6, 6.07) is 6.31. The number of aromatic nitrogens is 2. The van der Waals surface area contributed by atoms with Crippen molar-refractivity contribution >= 4 is 15.9 Å². The Morgan fingerprint density at radius 2 is 2.15 bits per heavy atom. The Balaban J connectivity index is 2.11. The van der Waals surface area contributed by atoms with Crippen LogP contribution in [0.15, 0.2) is 22.7 Å². The van der Waals surface area contributed by atoms with Gasteiger partial charge in [-0.3, -0.25) is 0 Å². The number of nitrogens with one attached hydrogen (secondary N) is 1. The summed E-state index contributed by atoms with van der Waals surface area (Å²) in [6.07, 6.45) is 1.94. The van der Waals surface area contributed by atoms with Gasteiger partial charge in [-0.15, -0.1) is 0 Å². The highest BCUT2D eigenvalue weighted by molar-refractivity contribution is 9.10. The maximum absolute atomic E-state index is 4.79. The average Bonchev–Trinajstić information content (AvgIpc) is 2.49. The minimum absolute atomic E-state index is 0.850. The molecule has 3 rings (SSSR count). The minimum atomic E-state index is 0.850. The molecule has 3 nitrogen and oxygen atoms in total. The fraction of sp³-hybridized carbons (Fsp3) is 0.375. The molecule has 104 valence electrons. The van der Waals surface area contributed by atoms with E-state index in [9.17, 15) is 0 Å². The maximum atomic E-state index is 4.79. The molecule has 4 heteroatoms. The highest BCUT2D eigenvalue weighted by atomic mass is 79.9. The summed E-state index contributed by atoms with van der Waals surface area (Å²) in [4.78, 5) is 9.56. The van der Waals surface area contributed by atoms with Gasteiger partial charge in [0, 0.05) is 40.8 Å². The Morgan fingerprint density at radius 3 is 2.90 bits per heavy atom. The lowest BCUT2D eigenvalue weighted by molar-refractivity contribution is 0.618. The molecule has 1 aromatic heterocycles. The fourth-order valence-electron chi connectivity index (χ4n) is 2.57. The number of fused-ring (bicyclic) bond motifs is 1. The van der Waals surface area contributed by atoms with Crippen LogP contribution in [0.5, 0.6) is 0 Å². The van der Waals surface area contributed by atoms with Crippen molar-refractivity contribution in [2.75, 3.05) is 6.54 Å². The van der Waals surface area contributed by atoms with Gasteiger partial charge in [0.25, 0.3) is 0 Å². The summed E-state index contributed by atoms with van der Waals surface area (Å²) in [6.45, 7) is 6.15. The largest absolute Gasteiger partial charge is 0.312 e. The van der Waals surface area contributed by atoms with Crippen LogP contribution < -0.4 is 5.32 Å². The van der Waals surface area contributed by atoms with Crippen molar-refractivity contribution < 1.29 is 0 Å². The van der Waals surface area contributed by atoms with E-state index >= 15 is 0 Å². The van der Waals surface area contributed by atoms with Crippen molar-refractivity contribution in [2.24, 2.45) is 0 Å². The molecule has 0 atom stereocenters. The molecule has 0 saturated heterocycles. The van der Waals surface area contributed by atoms with Crippen LogP contribution in [0.3, 0.4) is 0 Å². The second-order valence-electron chi connectivity index (χ2n) is 5.16. The first-order valence-electron chi connectivity index (χ1n) is 7.05. The van der Waals surface area contributed by atoms with Gasteiger partial charge < -0.3 is 5.32 Å². The van der Waals surface area contributed by atoms with Crippen LogP contribution in [-0.2, 0) is 19.4 Å². The number of halogens is 1. The van der Waals surface area contributed by atoms with Crippen LogP contribution in [0.1, 0.15) is 29.4 Å². The van der Waals surface area contributed by atoms with E-state index in [0.717, 1.165) is 41.8 Å².